The highest BCUT2D eigenvalue weighted by Crippen LogP contribution is 2.10. The minimum absolute atomic E-state index is 0.337. The molecule has 80 valence electrons. The molecule has 0 fully saturated rings. The summed E-state index contributed by atoms with van der Waals surface area (Å²) in [5, 5.41) is 0. The SMILES string of the molecule is C[C@H](C#Cc1cccc(Br)c1)[N+](C)(C)C. The molecule has 1 aromatic rings. The molecule has 1 nitrogen and oxygen atoms in total. The van der Waals surface area contributed by atoms with Crippen LogP contribution in [0.15, 0.2) is 28.7 Å². The molecule has 0 bridgehead atoms. The smallest absolute Gasteiger partial charge is 0.147 e. The van der Waals surface area contributed by atoms with E-state index in [4.69, 9.17) is 0 Å². The van der Waals surface area contributed by atoms with Crippen LogP contribution in [0.2, 0.25) is 0 Å². The van der Waals surface area contributed by atoms with Crippen molar-refractivity contribution >= 4 is 15.9 Å². The van der Waals surface area contributed by atoms with E-state index in [2.05, 4.69) is 55.8 Å². The Kier molecular flexibility index (Phi) is 3.96. The van der Waals surface area contributed by atoms with Crippen LogP contribution in [0, 0.1) is 11.8 Å². The van der Waals surface area contributed by atoms with Gasteiger partial charge < -0.3 is 4.48 Å². The summed E-state index contributed by atoms with van der Waals surface area (Å²) in [5.41, 5.74) is 1.06. The van der Waals surface area contributed by atoms with E-state index >= 15 is 0 Å². The van der Waals surface area contributed by atoms with Crippen LogP contribution >= 0.6 is 15.9 Å². The van der Waals surface area contributed by atoms with Gasteiger partial charge in [-0.3, -0.25) is 0 Å². The molecule has 0 spiro atoms. The molecule has 0 aliphatic heterocycles. The summed E-state index contributed by atoms with van der Waals surface area (Å²) in [6, 6.07) is 8.42. The summed E-state index contributed by atoms with van der Waals surface area (Å²) in [4.78, 5) is 0. The lowest BCUT2D eigenvalue weighted by atomic mass is 10.2. The van der Waals surface area contributed by atoms with Crippen LogP contribution in [-0.2, 0) is 0 Å². The highest BCUT2D eigenvalue weighted by atomic mass is 79.9. The fourth-order valence-electron chi connectivity index (χ4n) is 0.948. The molecule has 0 N–H and O–H groups in total. The summed E-state index contributed by atoms with van der Waals surface area (Å²) in [6.45, 7) is 2.14. The standard InChI is InChI=1S/C13H17BrN/c1-11(15(2,3)4)8-9-12-6-5-7-13(14)10-12/h5-7,10-11H,1-4H3/q+1/t11-/m1/s1. The molecule has 2 heteroatoms. The van der Waals surface area contributed by atoms with Crippen LogP contribution in [0.1, 0.15) is 12.5 Å². The van der Waals surface area contributed by atoms with Gasteiger partial charge in [-0.1, -0.05) is 27.9 Å². The molecule has 0 saturated carbocycles. The molecule has 0 amide bonds. The summed E-state index contributed by atoms with van der Waals surface area (Å²) in [7, 11) is 6.46. The first-order valence-corrected chi connectivity index (χ1v) is 5.77. The zero-order chi connectivity index (χ0) is 11.5. The van der Waals surface area contributed by atoms with Gasteiger partial charge in [0.2, 0.25) is 0 Å². The molecule has 0 aromatic heterocycles. The fraction of sp³-hybridized carbons (Fsp3) is 0.385. The monoisotopic (exact) mass is 266 g/mol. The first kappa shape index (κ1) is 12.3. The van der Waals surface area contributed by atoms with Crippen molar-refractivity contribution in [2.45, 2.75) is 13.0 Å². The lowest BCUT2D eigenvalue weighted by molar-refractivity contribution is -0.885. The average Bonchev–Trinajstić information content (AvgIpc) is 2.12. The largest absolute Gasteiger partial charge is 0.319 e. The Bertz CT molecular complexity index is 393. The van der Waals surface area contributed by atoms with E-state index in [-0.39, 0.29) is 0 Å². The fourth-order valence-corrected chi connectivity index (χ4v) is 1.35. The Hall–Kier alpha value is -0.780. The van der Waals surface area contributed by atoms with Crippen LogP contribution in [0.5, 0.6) is 0 Å². The van der Waals surface area contributed by atoms with Crippen LogP contribution in [-0.4, -0.2) is 31.7 Å². The Balaban J connectivity index is 2.83. The van der Waals surface area contributed by atoms with Crippen LogP contribution in [0.3, 0.4) is 0 Å². The predicted octanol–water partition coefficient (Wildman–Crippen LogP) is 2.90. The lowest BCUT2D eigenvalue weighted by Crippen LogP contribution is -2.42. The maximum absolute atomic E-state index is 3.44. The summed E-state index contributed by atoms with van der Waals surface area (Å²) >= 11 is 3.44. The van der Waals surface area contributed by atoms with Crippen molar-refractivity contribution < 1.29 is 4.48 Å². The van der Waals surface area contributed by atoms with Gasteiger partial charge in [-0.05, 0) is 31.0 Å². The molecule has 0 aliphatic carbocycles. The third kappa shape index (κ3) is 4.07. The molecule has 1 aromatic carbocycles. The van der Waals surface area contributed by atoms with E-state index < -0.39 is 0 Å². The second-order valence-electron chi connectivity index (χ2n) is 4.57. The Morgan fingerprint density at radius 2 is 1.93 bits per heavy atom. The quantitative estimate of drug-likeness (QED) is 0.542. The third-order valence-corrected chi connectivity index (χ3v) is 2.91. The van der Waals surface area contributed by atoms with Crippen molar-refractivity contribution in [1.29, 1.82) is 0 Å². The van der Waals surface area contributed by atoms with Gasteiger partial charge in [0, 0.05) is 10.0 Å². The minimum Gasteiger partial charge on any atom is -0.319 e. The number of hydrogen-bond acceptors (Lipinski definition) is 0. The van der Waals surface area contributed by atoms with E-state index in [9.17, 15) is 0 Å². The number of nitrogens with zero attached hydrogens (tertiary/aromatic N) is 1. The molecule has 0 aliphatic rings. The molecular weight excluding hydrogens is 250 g/mol. The van der Waals surface area contributed by atoms with Gasteiger partial charge in [-0.2, -0.15) is 0 Å². The molecule has 15 heavy (non-hydrogen) atoms. The van der Waals surface area contributed by atoms with E-state index in [0.29, 0.717) is 6.04 Å². The topological polar surface area (TPSA) is 0 Å². The van der Waals surface area contributed by atoms with Crippen molar-refractivity contribution in [3.05, 3.63) is 34.3 Å². The molecule has 1 atom stereocenters. The second-order valence-corrected chi connectivity index (χ2v) is 5.49. The van der Waals surface area contributed by atoms with Crippen molar-refractivity contribution in [2.75, 3.05) is 21.1 Å². The van der Waals surface area contributed by atoms with Crippen molar-refractivity contribution in [3.8, 4) is 11.8 Å². The van der Waals surface area contributed by atoms with Gasteiger partial charge in [0.1, 0.15) is 6.04 Å². The Labute approximate surface area is 101 Å². The molecule has 0 unspecified atom stereocenters. The van der Waals surface area contributed by atoms with E-state index in [1.165, 1.54) is 0 Å². The normalized spacial score (nSPS) is 12.9. The third-order valence-electron chi connectivity index (χ3n) is 2.41. The molecule has 0 radical (unpaired) electrons. The Morgan fingerprint density at radius 1 is 1.27 bits per heavy atom. The maximum Gasteiger partial charge on any atom is 0.147 e. The second kappa shape index (κ2) is 4.83. The zero-order valence-corrected chi connectivity index (χ0v) is 11.3. The van der Waals surface area contributed by atoms with Crippen molar-refractivity contribution in [3.63, 3.8) is 0 Å². The number of hydrogen-bond donors (Lipinski definition) is 0. The van der Waals surface area contributed by atoms with Crippen LogP contribution in [0.25, 0.3) is 0 Å². The summed E-state index contributed by atoms with van der Waals surface area (Å²) < 4.78 is 1.94. The number of benzene rings is 1. The van der Waals surface area contributed by atoms with Crippen molar-refractivity contribution in [2.24, 2.45) is 0 Å². The van der Waals surface area contributed by atoms with Gasteiger partial charge in [0.25, 0.3) is 0 Å². The summed E-state index contributed by atoms with van der Waals surface area (Å²) in [6.07, 6.45) is 0. The first-order valence-electron chi connectivity index (χ1n) is 4.98. The van der Waals surface area contributed by atoms with Crippen molar-refractivity contribution in [1.82, 2.24) is 0 Å². The number of halogens is 1. The highest BCUT2D eigenvalue weighted by Gasteiger charge is 2.14. The van der Waals surface area contributed by atoms with Gasteiger partial charge >= 0.3 is 0 Å². The van der Waals surface area contributed by atoms with E-state index in [0.717, 1.165) is 14.5 Å². The van der Waals surface area contributed by atoms with Gasteiger partial charge in [0.05, 0.1) is 21.1 Å². The van der Waals surface area contributed by atoms with E-state index in [1.807, 2.05) is 24.3 Å². The van der Waals surface area contributed by atoms with Crippen LogP contribution < -0.4 is 0 Å². The summed E-state index contributed by atoms with van der Waals surface area (Å²) in [5.74, 6) is 6.46. The van der Waals surface area contributed by atoms with Gasteiger partial charge in [-0.15, -0.1) is 0 Å². The maximum atomic E-state index is 3.44. The molecule has 0 saturated heterocycles. The number of quaternary nitrogens is 1. The average molecular weight is 267 g/mol. The Morgan fingerprint density at radius 3 is 2.47 bits per heavy atom. The predicted molar refractivity (Wildman–Crippen MR) is 68.5 cm³/mol. The molecule has 0 heterocycles. The zero-order valence-electron chi connectivity index (χ0n) is 9.71. The first-order chi connectivity index (χ1) is 6.89. The minimum atomic E-state index is 0.337. The van der Waals surface area contributed by atoms with Gasteiger partial charge in [0.15, 0.2) is 0 Å². The van der Waals surface area contributed by atoms with Gasteiger partial charge in [-0.25, -0.2) is 0 Å². The molecule has 1 rings (SSSR count). The lowest BCUT2D eigenvalue weighted by Gasteiger charge is -2.27. The van der Waals surface area contributed by atoms with E-state index in [1.54, 1.807) is 0 Å². The number of rotatable bonds is 1. The highest BCUT2D eigenvalue weighted by molar-refractivity contribution is 9.10. The molecular formula is C13H17BrN+. The van der Waals surface area contributed by atoms with Crippen LogP contribution in [0.4, 0.5) is 0 Å².